The molecule has 6 rings (SSSR count). The molecule has 1 atom stereocenters. The molecular weight excluding hydrogens is 388 g/mol. The summed E-state index contributed by atoms with van der Waals surface area (Å²) in [6, 6.07) is 30.2. The highest BCUT2D eigenvalue weighted by atomic mass is 14.7. The lowest BCUT2D eigenvalue weighted by atomic mass is 9.73. The first-order valence-electron chi connectivity index (χ1n) is 11.3. The van der Waals surface area contributed by atoms with Crippen LogP contribution < -0.4 is 10.4 Å². The van der Waals surface area contributed by atoms with Gasteiger partial charge in [-0.05, 0) is 81.8 Å². The number of aryl methyl sites for hydroxylation is 1. The van der Waals surface area contributed by atoms with Crippen LogP contribution in [0.25, 0.3) is 22.8 Å². The summed E-state index contributed by atoms with van der Waals surface area (Å²) in [6.45, 7) is 0. The third-order valence-corrected chi connectivity index (χ3v) is 6.69. The number of allylic oxidation sites excluding steroid dienone is 2. The molecule has 0 aliphatic heterocycles. The zero-order chi connectivity index (χ0) is 21.3. The molecule has 0 amide bonds. The predicted octanol–water partition coefficient (Wildman–Crippen LogP) is 5.15. The molecule has 2 aromatic heterocycles. The Morgan fingerprint density at radius 1 is 0.688 bits per heavy atom. The van der Waals surface area contributed by atoms with Crippen LogP contribution in [-0.2, 0) is 6.42 Å². The number of hydrogen-bond acceptors (Lipinski definition) is 2. The lowest BCUT2D eigenvalue weighted by Gasteiger charge is -2.31. The van der Waals surface area contributed by atoms with Gasteiger partial charge in [-0.25, -0.2) is 0 Å². The van der Waals surface area contributed by atoms with Crippen LogP contribution in [-0.4, -0.2) is 9.97 Å². The van der Waals surface area contributed by atoms with Gasteiger partial charge in [0.15, 0.2) is 0 Å². The van der Waals surface area contributed by atoms with E-state index in [0.717, 1.165) is 30.7 Å². The van der Waals surface area contributed by atoms with Gasteiger partial charge in [-0.2, -0.15) is 0 Å². The van der Waals surface area contributed by atoms with E-state index in [0.29, 0.717) is 0 Å². The molecule has 0 saturated heterocycles. The van der Waals surface area contributed by atoms with Gasteiger partial charge in [0.1, 0.15) is 0 Å². The van der Waals surface area contributed by atoms with Crippen molar-refractivity contribution < 1.29 is 0 Å². The third kappa shape index (κ3) is 3.20. The number of rotatable bonds is 3. The first-order chi connectivity index (χ1) is 15.9. The Bertz CT molecular complexity index is 1430. The maximum absolute atomic E-state index is 4.80. The van der Waals surface area contributed by atoms with Crippen LogP contribution >= 0.6 is 0 Å². The molecule has 0 radical (unpaired) electrons. The van der Waals surface area contributed by atoms with E-state index >= 15 is 0 Å². The maximum atomic E-state index is 4.80. The van der Waals surface area contributed by atoms with Gasteiger partial charge in [-0.15, -0.1) is 0 Å². The molecular formula is C30H24N2. The standard InChI is InChI=1S/C30H24N2/c1-3-11-23-21(9-1)15-17-25(27-13-5-7-19-31-27)29(23)30-24-12-4-2-10-22(24)16-18-26(30)28-14-6-8-20-32-28/h1-15,19-20,25H,16-18H2. The van der Waals surface area contributed by atoms with E-state index in [-0.39, 0.29) is 5.92 Å². The molecule has 2 nitrogen and oxygen atoms in total. The van der Waals surface area contributed by atoms with Crippen molar-refractivity contribution >= 4 is 22.8 Å². The Kier molecular flexibility index (Phi) is 4.77. The Balaban J connectivity index is 1.73. The fraction of sp³-hybridized carbons (Fsp3) is 0.133. The van der Waals surface area contributed by atoms with Crippen molar-refractivity contribution in [3.8, 4) is 0 Å². The summed E-state index contributed by atoms with van der Waals surface area (Å²) in [5.74, 6) is 0.214. The molecule has 0 bridgehead atoms. The molecule has 2 heteroatoms. The van der Waals surface area contributed by atoms with Crippen molar-refractivity contribution in [2.45, 2.75) is 25.2 Å². The van der Waals surface area contributed by atoms with Crippen molar-refractivity contribution in [3.63, 3.8) is 0 Å². The molecule has 2 aliphatic rings. The SMILES string of the molecule is C1=c2ccccc2=C(C2=C(c3ccccn3)CCc3ccccc32)C(c2ccccn2)C1. The summed E-state index contributed by atoms with van der Waals surface area (Å²) in [5.41, 5.74) is 9.04. The number of nitrogens with zero attached hydrogens (tertiary/aromatic N) is 2. The quantitative estimate of drug-likeness (QED) is 0.465. The maximum Gasteiger partial charge on any atom is 0.0668 e. The second-order valence-corrected chi connectivity index (χ2v) is 8.47. The normalized spacial score (nSPS) is 17.4. The molecule has 2 aromatic carbocycles. The van der Waals surface area contributed by atoms with E-state index in [2.05, 4.69) is 78.9 Å². The van der Waals surface area contributed by atoms with Gasteiger partial charge in [0.2, 0.25) is 0 Å². The highest BCUT2D eigenvalue weighted by molar-refractivity contribution is 6.13. The molecule has 2 heterocycles. The average Bonchev–Trinajstić information content (AvgIpc) is 2.88. The number of benzene rings is 2. The topological polar surface area (TPSA) is 25.8 Å². The summed E-state index contributed by atoms with van der Waals surface area (Å²) in [7, 11) is 0. The van der Waals surface area contributed by atoms with E-state index in [9.17, 15) is 0 Å². The summed E-state index contributed by atoms with van der Waals surface area (Å²) in [6.07, 6.45) is 9.17. The average molecular weight is 413 g/mol. The Morgan fingerprint density at radius 2 is 1.47 bits per heavy atom. The van der Waals surface area contributed by atoms with Crippen LogP contribution in [0, 0.1) is 0 Å². The molecule has 2 aliphatic carbocycles. The van der Waals surface area contributed by atoms with Crippen LogP contribution in [0.2, 0.25) is 0 Å². The molecule has 0 saturated carbocycles. The summed E-state index contributed by atoms with van der Waals surface area (Å²) in [4.78, 5) is 9.57. The van der Waals surface area contributed by atoms with Gasteiger partial charge in [0.25, 0.3) is 0 Å². The van der Waals surface area contributed by atoms with Gasteiger partial charge < -0.3 is 0 Å². The molecule has 1 unspecified atom stereocenters. The number of fused-ring (bicyclic) bond motifs is 2. The highest BCUT2D eigenvalue weighted by Crippen LogP contribution is 2.46. The van der Waals surface area contributed by atoms with Crippen molar-refractivity contribution in [1.29, 1.82) is 0 Å². The first-order valence-corrected chi connectivity index (χ1v) is 11.3. The highest BCUT2D eigenvalue weighted by Gasteiger charge is 2.30. The molecule has 0 spiro atoms. The molecule has 154 valence electrons. The Hall–Kier alpha value is -3.78. The van der Waals surface area contributed by atoms with Crippen LogP contribution in [0.15, 0.2) is 97.3 Å². The van der Waals surface area contributed by atoms with Crippen molar-refractivity contribution in [2.24, 2.45) is 0 Å². The predicted molar refractivity (Wildman–Crippen MR) is 131 cm³/mol. The second kappa shape index (κ2) is 8.05. The van der Waals surface area contributed by atoms with Gasteiger partial charge in [-0.1, -0.05) is 66.7 Å². The van der Waals surface area contributed by atoms with E-state index in [1.54, 1.807) is 0 Å². The van der Waals surface area contributed by atoms with Crippen molar-refractivity contribution in [3.05, 3.63) is 130 Å². The lowest BCUT2D eigenvalue weighted by molar-refractivity contribution is 0.853. The zero-order valence-electron chi connectivity index (χ0n) is 17.9. The van der Waals surface area contributed by atoms with Gasteiger partial charge in [-0.3, -0.25) is 9.97 Å². The summed E-state index contributed by atoms with van der Waals surface area (Å²) >= 11 is 0. The van der Waals surface area contributed by atoms with Crippen LogP contribution in [0.5, 0.6) is 0 Å². The summed E-state index contributed by atoms with van der Waals surface area (Å²) < 4.78 is 0. The van der Waals surface area contributed by atoms with E-state index < -0.39 is 0 Å². The fourth-order valence-electron chi connectivity index (χ4n) is 5.26. The monoisotopic (exact) mass is 412 g/mol. The fourth-order valence-corrected chi connectivity index (χ4v) is 5.26. The van der Waals surface area contributed by atoms with Gasteiger partial charge in [0, 0.05) is 24.0 Å². The summed E-state index contributed by atoms with van der Waals surface area (Å²) in [5, 5.41) is 2.63. The lowest BCUT2D eigenvalue weighted by Crippen LogP contribution is -2.33. The van der Waals surface area contributed by atoms with Crippen LogP contribution in [0.1, 0.15) is 41.3 Å². The number of aromatic nitrogens is 2. The van der Waals surface area contributed by atoms with E-state index in [4.69, 9.17) is 9.97 Å². The molecule has 32 heavy (non-hydrogen) atoms. The number of pyridine rings is 2. The largest absolute Gasteiger partial charge is 0.261 e. The smallest absolute Gasteiger partial charge is 0.0668 e. The Morgan fingerprint density at radius 3 is 2.31 bits per heavy atom. The first kappa shape index (κ1) is 18.9. The minimum absolute atomic E-state index is 0.214. The second-order valence-electron chi connectivity index (χ2n) is 8.47. The van der Waals surface area contributed by atoms with E-state index in [1.807, 2.05) is 24.5 Å². The van der Waals surface area contributed by atoms with E-state index in [1.165, 1.54) is 38.3 Å². The zero-order valence-corrected chi connectivity index (χ0v) is 17.9. The molecule has 0 N–H and O–H groups in total. The number of hydrogen-bond donors (Lipinski definition) is 0. The van der Waals surface area contributed by atoms with Gasteiger partial charge >= 0.3 is 0 Å². The molecule has 4 aromatic rings. The minimum Gasteiger partial charge on any atom is -0.261 e. The van der Waals surface area contributed by atoms with Crippen molar-refractivity contribution in [2.75, 3.05) is 0 Å². The minimum atomic E-state index is 0.214. The third-order valence-electron chi connectivity index (χ3n) is 6.69. The Labute approximate surface area is 188 Å². The molecule has 0 fully saturated rings. The van der Waals surface area contributed by atoms with Gasteiger partial charge in [0.05, 0.1) is 5.69 Å². The van der Waals surface area contributed by atoms with Crippen LogP contribution in [0.3, 0.4) is 0 Å². The van der Waals surface area contributed by atoms with Crippen molar-refractivity contribution in [1.82, 2.24) is 9.97 Å². The van der Waals surface area contributed by atoms with Crippen LogP contribution in [0.4, 0.5) is 0 Å².